The topological polar surface area (TPSA) is 74.3 Å². The second-order valence-corrected chi connectivity index (χ2v) is 8.64. The predicted molar refractivity (Wildman–Crippen MR) is 117 cm³/mol. The first-order chi connectivity index (χ1) is 15.4. The second-order valence-electron chi connectivity index (χ2n) is 8.64. The average molecular weight is 440 g/mol. The summed E-state index contributed by atoms with van der Waals surface area (Å²) in [6.07, 6.45) is -1.48. The van der Waals surface area contributed by atoms with Crippen LogP contribution in [0.25, 0.3) is 0 Å². The monoisotopic (exact) mass is 439 g/mol. The summed E-state index contributed by atoms with van der Waals surface area (Å²) in [4.78, 5) is 26.8. The van der Waals surface area contributed by atoms with E-state index < -0.39 is 42.3 Å². The van der Waals surface area contributed by atoms with E-state index in [9.17, 15) is 9.59 Å². The fourth-order valence-electron chi connectivity index (χ4n) is 4.41. The number of nitrogens with zero attached hydrogens (tertiary/aromatic N) is 1. The van der Waals surface area contributed by atoms with E-state index in [2.05, 4.69) is 0 Å². The van der Waals surface area contributed by atoms with Crippen molar-refractivity contribution in [2.45, 2.75) is 70.2 Å². The van der Waals surface area contributed by atoms with Gasteiger partial charge in [0.2, 0.25) is 0 Å². The smallest absolute Gasteiger partial charge is 0.411 e. The van der Waals surface area contributed by atoms with Crippen LogP contribution >= 0.6 is 0 Å². The Bertz CT molecular complexity index is 919. The molecule has 0 radical (unpaired) electrons. The number of benzene rings is 2. The van der Waals surface area contributed by atoms with Crippen LogP contribution in [0.15, 0.2) is 60.7 Å². The number of fused-ring (bicyclic) bond motifs is 1. The summed E-state index contributed by atoms with van der Waals surface area (Å²) in [5.74, 6) is -0.852. The van der Waals surface area contributed by atoms with Gasteiger partial charge in [-0.15, -0.1) is 0 Å². The molecular weight excluding hydrogens is 410 g/mol. The standard InChI is InChI=1S/C25H29NO6/c1-17-21-23(32-25(2,3)31-21)22(29-15-18-10-6-4-7-11-18)20(14-27)26(17)24(28)30-16-19-12-8-5-9-13-19/h4-14,17,20-23H,15-16H2,1-3H3/t17?,20-,21-,22?,23?/m0/s1. The number of ether oxygens (including phenoxy) is 4. The van der Waals surface area contributed by atoms with E-state index >= 15 is 0 Å². The Balaban J connectivity index is 1.56. The molecule has 2 heterocycles. The molecule has 2 aliphatic rings. The molecule has 0 aliphatic carbocycles. The zero-order valence-electron chi connectivity index (χ0n) is 18.5. The molecule has 2 aromatic rings. The molecule has 1 amide bonds. The molecule has 2 fully saturated rings. The fourth-order valence-corrected chi connectivity index (χ4v) is 4.41. The van der Waals surface area contributed by atoms with Crippen LogP contribution in [0.5, 0.6) is 0 Å². The highest BCUT2D eigenvalue weighted by Crippen LogP contribution is 2.40. The van der Waals surface area contributed by atoms with E-state index in [0.717, 1.165) is 17.4 Å². The Kier molecular flexibility index (Phi) is 6.60. The molecule has 7 nitrogen and oxygen atoms in total. The van der Waals surface area contributed by atoms with Crippen LogP contribution in [0.2, 0.25) is 0 Å². The number of rotatable bonds is 6. The number of amides is 1. The molecule has 0 N–H and O–H groups in total. The number of carbonyl (C=O) groups is 2. The third kappa shape index (κ3) is 4.70. The maximum atomic E-state index is 13.1. The van der Waals surface area contributed by atoms with E-state index in [4.69, 9.17) is 18.9 Å². The second kappa shape index (κ2) is 9.40. The molecule has 4 rings (SSSR count). The van der Waals surface area contributed by atoms with Gasteiger partial charge in [-0.3, -0.25) is 4.90 Å². The summed E-state index contributed by atoms with van der Waals surface area (Å²) in [7, 11) is 0. The lowest BCUT2D eigenvalue weighted by atomic mass is 9.89. The summed E-state index contributed by atoms with van der Waals surface area (Å²) >= 11 is 0. The molecule has 5 atom stereocenters. The molecule has 0 aromatic heterocycles. The number of aldehydes is 1. The number of likely N-dealkylation sites (tertiary alicyclic amines) is 1. The van der Waals surface area contributed by atoms with Gasteiger partial charge in [0.25, 0.3) is 0 Å². The average Bonchev–Trinajstić information content (AvgIpc) is 3.13. The van der Waals surface area contributed by atoms with Crippen LogP contribution in [0.4, 0.5) is 4.79 Å². The first kappa shape index (κ1) is 22.5. The molecule has 32 heavy (non-hydrogen) atoms. The highest BCUT2D eigenvalue weighted by Gasteiger charge is 2.58. The Morgan fingerprint density at radius 3 is 2.12 bits per heavy atom. The largest absolute Gasteiger partial charge is 0.445 e. The van der Waals surface area contributed by atoms with E-state index in [-0.39, 0.29) is 13.2 Å². The first-order valence-electron chi connectivity index (χ1n) is 10.8. The van der Waals surface area contributed by atoms with Gasteiger partial charge in [-0.2, -0.15) is 0 Å². The zero-order chi connectivity index (χ0) is 22.7. The van der Waals surface area contributed by atoms with Crippen molar-refractivity contribution in [3.63, 3.8) is 0 Å². The highest BCUT2D eigenvalue weighted by molar-refractivity contribution is 5.75. The maximum Gasteiger partial charge on any atom is 0.411 e. The Hall–Kier alpha value is -2.74. The molecule has 2 saturated heterocycles. The van der Waals surface area contributed by atoms with E-state index in [0.29, 0.717) is 0 Å². The minimum Gasteiger partial charge on any atom is -0.445 e. The normalized spacial score (nSPS) is 28.7. The van der Waals surface area contributed by atoms with Gasteiger partial charge in [0, 0.05) is 0 Å². The van der Waals surface area contributed by atoms with Crippen molar-refractivity contribution in [2.75, 3.05) is 0 Å². The first-order valence-corrected chi connectivity index (χ1v) is 10.8. The molecule has 0 bridgehead atoms. The van der Waals surface area contributed by atoms with Crippen molar-refractivity contribution in [3.8, 4) is 0 Å². The maximum absolute atomic E-state index is 13.1. The van der Waals surface area contributed by atoms with Gasteiger partial charge in [0.15, 0.2) is 5.79 Å². The van der Waals surface area contributed by atoms with Gasteiger partial charge in [-0.1, -0.05) is 60.7 Å². The summed E-state index contributed by atoms with van der Waals surface area (Å²) in [6, 6.07) is 17.8. The number of hydrogen-bond acceptors (Lipinski definition) is 6. The minimum atomic E-state index is -0.865. The van der Waals surface area contributed by atoms with E-state index in [1.165, 1.54) is 4.90 Å². The van der Waals surface area contributed by atoms with Crippen LogP contribution in [-0.2, 0) is 37.0 Å². The lowest BCUT2D eigenvalue weighted by Gasteiger charge is -2.46. The Morgan fingerprint density at radius 2 is 1.53 bits per heavy atom. The van der Waals surface area contributed by atoms with Gasteiger partial charge in [0.05, 0.1) is 12.6 Å². The summed E-state index contributed by atoms with van der Waals surface area (Å²) < 4.78 is 24.0. The van der Waals surface area contributed by atoms with Crippen molar-refractivity contribution >= 4 is 12.4 Å². The number of carbonyl (C=O) groups excluding carboxylic acids is 2. The van der Waals surface area contributed by atoms with Crippen molar-refractivity contribution in [3.05, 3.63) is 71.8 Å². The minimum absolute atomic E-state index is 0.112. The van der Waals surface area contributed by atoms with Crippen molar-refractivity contribution in [1.29, 1.82) is 0 Å². The van der Waals surface area contributed by atoms with Gasteiger partial charge >= 0.3 is 6.09 Å². The third-order valence-electron chi connectivity index (χ3n) is 5.90. The molecule has 2 aliphatic heterocycles. The van der Waals surface area contributed by atoms with Crippen molar-refractivity contribution in [1.82, 2.24) is 4.90 Å². The van der Waals surface area contributed by atoms with Crippen LogP contribution in [0.3, 0.4) is 0 Å². The summed E-state index contributed by atoms with van der Waals surface area (Å²) in [6.45, 7) is 5.88. The summed E-state index contributed by atoms with van der Waals surface area (Å²) in [5, 5.41) is 0. The van der Waals surface area contributed by atoms with E-state index in [1.807, 2.05) is 81.4 Å². The molecule has 2 aromatic carbocycles. The van der Waals surface area contributed by atoms with Crippen molar-refractivity contribution in [2.24, 2.45) is 0 Å². The van der Waals surface area contributed by atoms with Crippen LogP contribution in [-0.4, -0.2) is 53.5 Å². The predicted octanol–water partition coefficient (Wildman–Crippen LogP) is 3.70. The lowest BCUT2D eigenvalue weighted by molar-refractivity contribution is -0.165. The Morgan fingerprint density at radius 1 is 0.969 bits per heavy atom. The quantitative estimate of drug-likeness (QED) is 0.639. The van der Waals surface area contributed by atoms with Crippen LogP contribution in [0, 0.1) is 0 Å². The van der Waals surface area contributed by atoms with E-state index in [1.54, 1.807) is 0 Å². The van der Waals surface area contributed by atoms with Crippen molar-refractivity contribution < 1.29 is 28.5 Å². The zero-order valence-corrected chi connectivity index (χ0v) is 18.5. The van der Waals surface area contributed by atoms with Gasteiger partial charge in [0.1, 0.15) is 37.2 Å². The Labute approximate surface area is 188 Å². The molecule has 170 valence electrons. The molecule has 0 saturated carbocycles. The molecule has 3 unspecified atom stereocenters. The SMILES string of the molecule is CC1[C@@H]2OC(C)(C)OC2C(OCc2ccccc2)[C@H](C=O)N1C(=O)OCc1ccccc1. The van der Waals surface area contributed by atoms with Gasteiger partial charge in [-0.05, 0) is 31.9 Å². The number of hydrogen-bond donors (Lipinski definition) is 0. The molecular formula is C25H29NO6. The molecule has 7 heteroatoms. The van der Waals surface area contributed by atoms with Gasteiger partial charge < -0.3 is 23.7 Å². The third-order valence-corrected chi connectivity index (χ3v) is 5.90. The highest BCUT2D eigenvalue weighted by atomic mass is 16.8. The lowest BCUT2D eigenvalue weighted by Crippen LogP contribution is -2.67. The molecule has 0 spiro atoms. The van der Waals surface area contributed by atoms with Crippen LogP contribution in [0.1, 0.15) is 31.9 Å². The van der Waals surface area contributed by atoms with Gasteiger partial charge in [-0.25, -0.2) is 4.79 Å². The van der Waals surface area contributed by atoms with Crippen LogP contribution < -0.4 is 0 Å². The summed E-state index contributed by atoms with van der Waals surface area (Å²) in [5.41, 5.74) is 1.83. The fraction of sp³-hybridized carbons (Fsp3) is 0.440. The number of piperidine rings is 1.